The maximum atomic E-state index is 10.6. The molecule has 0 radical (unpaired) electrons. The van der Waals surface area contributed by atoms with Gasteiger partial charge in [0.05, 0.1) is 0 Å². The molecule has 0 amide bonds. The number of aliphatic hydroxyl groups excluding tert-OH is 1. The van der Waals surface area contributed by atoms with Crippen LogP contribution < -0.4 is 5.32 Å². The van der Waals surface area contributed by atoms with E-state index in [1.807, 2.05) is 12.1 Å². The number of rotatable bonds is 5. The first-order valence-electron chi connectivity index (χ1n) is 16.2. The molecule has 3 nitrogen and oxygen atoms in total. The quantitative estimate of drug-likeness (QED) is 0.374. The third-order valence-corrected chi connectivity index (χ3v) is 14.6. The molecule has 0 aliphatic heterocycles. The van der Waals surface area contributed by atoms with Crippen molar-refractivity contribution < 1.29 is 10.2 Å². The number of hydrogen-bond acceptors (Lipinski definition) is 3. The van der Waals surface area contributed by atoms with Crippen LogP contribution in [0.3, 0.4) is 0 Å². The smallest absolute Gasteiger partial charge is 0.115 e. The normalized spacial score (nSPS) is 50.0. The Bertz CT molecular complexity index is 1010. The standard InChI is InChI=1S/C35H55NO2/c1-23-12-18-35(22-37)20-19-33(4)28(31(23)35)10-11-30-32(3)16-14-29(24(2)27(32)13-17-34(30,33)5)36-21-15-25-6-8-26(38)9-7-25/h6-9,23-24,27-31,36-38H,10-22H2,1-5H3/t23?,24?,27?,28?,29?,30?,31-,32?,33-,34?,35?/m1/s1. The van der Waals surface area contributed by atoms with Gasteiger partial charge in [-0.15, -0.1) is 0 Å². The van der Waals surface area contributed by atoms with Crippen LogP contribution >= 0.6 is 0 Å². The second-order valence-electron chi connectivity index (χ2n) is 15.7. The Hall–Kier alpha value is -1.06. The molecule has 38 heavy (non-hydrogen) atoms. The molecule has 0 saturated heterocycles. The third kappa shape index (κ3) is 3.80. The SMILES string of the molecule is CC1C(NCCc2ccc(O)cc2)CCC2(C)C1CCC1(C)C2CCC2[C@H]3C(C)CCC3(CO)CC[C@]21C. The van der Waals surface area contributed by atoms with E-state index in [4.69, 9.17) is 0 Å². The van der Waals surface area contributed by atoms with Crippen LogP contribution in [0.25, 0.3) is 0 Å². The minimum absolute atomic E-state index is 0.228. The summed E-state index contributed by atoms with van der Waals surface area (Å²) in [7, 11) is 0. The molecule has 3 N–H and O–H groups in total. The molecule has 0 bridgehead atoms. The molecule has 9 unspecified atom stereocenters. The fourth-order valence-corrected chi connectivity index (χ4v) is 12.3. The van der Waals surface area contributed by atoms with Crippen molar-refractivity contribution in [2.75, 3.05) is 13.2 Å². The van der Waals surface area contributed by atoms with Gasteiger partial charge in [0.15, 0.2) is 0 Å². The van der Waals surface area contributed by atoms with E-state index >= 15 is 0 Å². The number of aliphatic hydroxyl groups is 1. The van der Waals surface area contributed by atoms with Gasteiger partial charge in [0, 0.05) is 12.6 Å². The average molecular weight is 522 g/mol. The summed E-state index contributed by atoms with van der Waals surface area (Å²) in [6.07, 6.45) is 14.5. The summed E-state index contributed by atoms with van der Waals surface area (Å²) in [5, 5.41) is 24.2. The molecule has 5 aliphatic rings. The minimum atomic E-state index is 0.228. The van der Waals surface area contributed by atoms with E-state index < -0.39 is 0 Å². The number of aromatic hydroxyl groups is 1. The maximum absolute atomic E-state index is 10.6. The lowest BCUT2D eigenvalue weighted by molar-refractivity contribution is -0.233. The lowest BCUT2D eigenvalue weighted by atomic mass is 9.33. The first kappa shape index (κ1) is 27.1. The van der Waals surface area contributed by atoms with Gasteiger partial charge >= 0.3 is 0 Å². The van der Waals surface area contributed by atoms with Gasteiger partial charge in [-0.2, -0.15) is 0 Å². The fourth-order valence-electron chi connectivity index (χ4n) is 12.3. The molecule has 3 heteroatoms. The van der Waals surface area contributed by atoms with Gasteiger partial charge in [0.25, 0.3) is 0 Å². The van der Waals surface area contributed by atoms with Crippen molar-refractivity contribution in [3.63, 3.8) is 0 Å². The molecular formula is C35H55NO2. The molecule has 0 aromatic heterocycles. The average Bonchev–Trinajstić information content (AvgIpc) is 3.24. The summed E-state index contributed by atoms with van der Waals surface area (Å²) in [4.78, 5) is 0. The second-order valence-corrected chi connectivity index (χ2v) is 15.7. The van der Waals surface area contributed by atoms with E-state index in [1.54, 1.807) is 0 Å². The van der Waals surface area contributed by atoms with E-state index in [-0.39, 0.29) is 5.41 Å². The monoisotopic (exact) mass is 521 g/mol. The van der Waals surface area contributed by atoms with Crippen LogP contribution in [0.15, 0.2) is 24.3 Å². The molecule has 212 valence electrons. The van der Waals surface area contributed by atoms with Gasteiger partial charge in [0.1, 0.15) is 5.75 Å². The van der Waals surface area contributed by atoms with Gasteiger partial charge < -0.3 is 15.5 Å². The Kier molecular flexibility index (Phi) is 6.79. The predicted molar refractivity (Wildman–Crippen MR) is 156 cm³/mol. The fraction of sp³-hybridized carbons (Fsp3) is 0.829. The molecule has 6 rings (SSSR count). The van der Waals surface area contributed by atoms with Gasteiger partial charge in [-0.25, -0.2) is 0 Å². The number of phenols is 1. The molecular weight excluding hydrogens is 466 g/mol. The van der Waals surface area contributed by atoms with Crippen LogP contribution in [0.4, 0.5) is 0 Å². The van der Waals surface area contributed by atoms with Crippen LogP contribution in [-0.2, 0) is 6.42 Å². The van der Waals surface area contributed by atoms with Crippen molar-refractivity contribution in [2.24, 2.45) is 57.2 Å². The number of phenolic OH excluding ortho intramolecular Hbond substituents is 1. The molecule has 5 fully saturated rings. The van der Waals surface area contributed by atoms with E-state index in [1.165, 1.54) is 69.8 Å². The van der Waals surface area contributed by atoms with Gasteiger partial charge in [0.2, 0.25) is 0 Å². The zero-order valence-corrected chi connectivity index (χ0v) is 24.9. The maximum Gasteiger partial charge on any atom is 0.115 e. The largest absolute Gasteiger partial charge is 0.508 e. The summed E-state index contributed by atoms with van der Waals surface area (Å²) in [5.74, 6) is 5.07. The lowest BCUT2D eigenvalue weighted by Crippen LogP contribution is -2.66. The van der Waals surface area contributed by atoms with Crippen molar-refractivity contribution in [1.29, 1.82) is 0 Å². The highest BCUT2D eigenvalue weighted by Gasteiger charge is 2.69. The summed E-state index contributed by atoms with van der Waals surface area (Å²) < 4.78 is 0. The van der Waals surface area contributed by atoms with Crippen LogP contribution in [0.2, 0.25) is 0 Å². The van der Waals surface area contributed by atoms with Crippen LogP contribution in [-0.4, -0.2) is 29.4 Å². The van der Waals surface area contributed by atoms with Crippen LogP contribution in [0.1, 0.15) is 104 Å². The van der Waals surface area contributed by atoms with E-state index in [0.29, 0.717) is 34.6 Å². The van der Waals surface area contributed by atoms with Gasteiger partial charge in [-0.3, -0.25) is 0 Å². The van der Waals surface area contributed by atoms with Gasteiger partial charge in [-0.05, 0) is 152 Å². The highest BCUT2D eigenvalue weighted by atomic mass is 16.3. The number of benzene rings is 1. The summed E-state index contributed by atoms with van der Waals surface area (Å²) >= 11 is 0. The number of hydrogen-bond donors (Lipinski definition) is 3. The molecule has 1 aromatic rings. The highest BCUT2D eigenvalue weighted by molar-refractivity contribution is 5.26. The van der Waals surface area contributed by atoms with Crippen LogP contribution in [0.5, 0.6) is 5.75 Å². The van der Waals surface area contributed by atoms with Crippen LogP contribution in [0, 0.1) is 57.2 Å². The Morgan fingerprint density at radius 3 is 2.32 bits per heavy atom. The summed E-state index contributed by atoms with van der Waals surface area (Å²) in [6, 6.07) is 8.35. The summed E-state index contributed by atoms with van der Waals surface area (Å²) in [6.45, 7) is 14.7. The zero-order valence-electron chi connectivity index (χ0n) is 24.9. The lowest BCUT2D eigenvalue weighted by Gasteiger charge is -2.72. The predicted octanol–water partition coefficient (Wildman–Crippen LogP) is 7.60. The zero-order chi connectivity index (χ0) is 26.9. The molecule has 1 aromatic carbocycles. The topological polar surface area (TPSA) is 52.5 Å². The molecule has 5 saturated carbocycles. The molecule has 11 atom stereocenters. The molecule has 0 heterocycles. The summed E-state index contributed by atoms with van der Waals surface area (Å²) in [5.41, 5.74) is 2.85. The van der Waals surface area contributed by atoms with Gasteiger partial charge in [-0.1, -0.05) is 46.8 Å². The van der Waals surface area contributed by atoms with Crippen molar-refractivity contribution in [3.8, 4) is 5.75 Å². The van der Waals surface area contributed by atoms with Crippen molar-refractivity contribution in [2.45, 2.75) is 111 Å². The van der Waals surface area contributed by atoms with E-state index in [9.17, 15) is 10.2 Å². The second kappa shape index (κ2) is 9.51. The molecule has 5 aliphatic carbocycles. The molecule has 0 spiro atoms. The first-order chi connectivity index (χ1) is 18.1. The number of fused-ring (bicyclic) bond motifs is 7. The first-order valence-corrected chi connectivity index (χ1v) is 16.2. The van der Waals surface area contributed by atoms with E-state index in [0.717, 1.165) is 48.5 Å². The van der Waals surface area contributed by atoms with Crippen molar-refractivity contribution in [1.82, 2.24) is 5.32 Å². The van der Waals surface area contributed by atoms with E-state index in [2.05, 4.69) is 52.1 Å². The Morgan fingerprint density at radius 1 is 0.816 bits per heavy atom. The highest BCUT2D eigenvalue weighted by Crippen LogP contribution is 2.76. The van der Waals surface area contributed by atoms with Crippen molar-refractivity contribution >= 4 is 0 Å². The number of nitrogens with one attached hydrogen (secondary N) is 1. The van der Waals surface area contributed by atoms with Crippen molar-refractivity contribution in [3.05, 3.63) is 29.8 Å². The Morgan fingerprint density at radius 2 is 1.58 bits per heavy atom. The third-order valence-electron chi connectivity index (χ3n) is 14.6. The Labute approximate surface area is 232 Å². The Balaban J connectivity index is 1.18. The minimum Gasteiger partial charge on any atom is -0.508 e.